The van der Waals surface area contributed by atoms with Crippen LogP contribution in [-0.4, -0.2) is 48.5 Å². The molecule has 0 unspecified atom stereocenters. The Kier molecular flexibility index (Phi) is 7.42. The number of hydrogen-bond acceptors (Lipinski definition) is 5. The average molecular weight is 416 g/mol. The highest BCUT2D eigenvalue weighted by Gasteiger charge is 2.34. The number of morpholine rings is 1. The summed E-state index contributed by atoms with van der Waals surface area (Å²) in [7, 11) is 0. The summed E-state index contributed by atoms with van der Waals surface area (Å²) in [5.74, 6) is 1.32. The molecule has 2 atom stereocenters. The Morgan fingerprint density at radius 3 is 2.47 bits per heavy atom. The minimum Gasteiger partial charge on any atom is -0.459 e. The zero-order valence-electron chi connectivity index (χ0n) is 17.6. The van der Waals surface area contributed by atoms with Crippen molar-refractivity contribution in [2.75, 3.05) is 26.3 Å². The number of allylic oxidation sites excluding steroid dienone is 1. The minimum atomic E-state index is -0.417. The van der Waals surface area contributed by atoms with Crippen LogP contribution >= 0.6 is 0 Å². The third-order valence-electron chi connectivity index (χ3n) is 6.49. The zero-order valence-corrected chi connectivity index (χ0v) is 17.6. The van der Waals surface area contributed by atoms with E-state index in [0.717, 1.165) is 17.5 Å². The molecule has 0 bridgehead atoms. The minimum absolute atomic E-state index is 0.0355. The van der Waals surface area contributed by atoms with Gasteiger partial charge in [-0.05, 0) is 41.9 Å². The Bertz CT molecular complexity index is 720. The quantitative estimate of drug-likeness (QED) is 0.771. The van der Waals surface area contributed by atoms with E-state index >= 15 is 0 Å². The molecule has 0 radical (unpaired) electrons. The summed E-state index contributed by atoms with van der Waals surface area (Å²) >= 11 is 0. The van der Waals surface area contributed by atoms with Gasteiger partial charge in [0, 0.05) is 19.5 Å². The lowest BCUT2D eigenvalue weighted by Crippen LogP contribution is -2.43. The van der Waals surface area contributed by atoms with Crippen molar-refractivity contribution in [3.63, 3.8) is 0 Å². The van der Waals surface area contributed by atoms with Gasteiger partial charge in [0.2, 0.25) is 6.29 Å². The second kappa shape index (κ2) is 10.4. The van der Waals surface area contributed by atoms with Crippen LogP contribution in [0.3, 0.4) is 0 Å². The standard InChI is InChI=1S/C24H33NO5/c26-16-18-6-8-19(9-7-18)17-29-23-15-21(20-4-2-1-3-5-20)14-22(30-23)24(27)25-10-12-28-13-11-25/h6-9,14,20-21,23,26H,1-5,10-13,15-17H2/t21-,23+/m0/s1. The van der Waals surface area contributed by atoms with Gasteiger partial charge in [0.15, 0.2) is 5.76 Å². The molecule has 0 spiro atoms. The van der Waals surface area contributed by atoms with Gasteiger partial charge in [-0.2, -0.15) is 0 Å². The van der Waals surface area contributed by atoms with E-state index < -0.39 is 6.29 Å². The number of aliphatic hydroxyl groups excluding tert-OH is 1. The number of nitrogens with zero attached hydrogens (tertiary/aromatic N) is 1. The van der Waals surface area contributed by atoms with Gasteiger partial charge in [-0.15, -0.1) is 0 Å². The SMILES string of the molecule is O=C(C1=C[C@H](C2CCCCC2)C[C@H](OCc2ccc(CO)cc2)O1)N1CCOCC1. The van der Waals surface area contributed by atoms with E-state index in [2.05, 4.69) is 6.08 Å². The predicted molar refractivity (Wildman–Crippen MR) is 112 cm³/mol. The third kappa shape index (κ3) is 5.42. The number of aliphatic hydroxyl groups is 1. The van der Waals surface area contributed by atoms with Gasteiger partial charge in [0.1, 0.15) is 0 Å². The van der Waals surface area contributed by atoms with E-state index in [1.54, 1.807) is 0 Å². The Morgan fingerprint density at radius 2 is 1.77 bits per heavy atom. The van der Waals surface area contributed by atoms with E-state index in [9.17, 15) is 9.90 Å². The molecule has 1 amide bonds. The first kappa shape index (κ1) is 21.3. The molecule has 164 valence electrons. The van der Waals surface area contributed by atoms with Crippen LogP contribution in [0.4, 0.5) is 0 Å². The highest BCUT2D eigenvalue weighted by atomic mass is 16.7. The fraction of sp³-hybridized carbons (Fsp3) is 0.625. The molecule has 2 heterocycles. The van der Waals surface area contributed by atoms with Gasteiger partial charge in [-0.25, -0.2) is 0 Å². The maximum absolute atomic E-state index is 13.1. The topological polar surface area (TPSA) is 68.2 Å². The first-order chi connectivity index (χ1) is 14.7. The maximum Gasteiger partial charge on any atom is 0.288 e. The fourth-order valence-corrected chi connectivity index (χ4v) is 4.68. The lowest BCUT2D eigenvalue weighted by Gasteiger charge is -2.36. The van der Waals surface area contributed by atoms with E-state index in [1.165, 1.54) is 32.1 Å². The van der Waals surface area contributed by atoms with Crippen LogP contribution in [0, 0.1) is 11.8 Å². The summed E-state index contributed by atoms with van der Waals surface area (Å²) in [6.45, 7) is 2.83. The van der Waals surface area contributed by atoms with Crippen molar-refractivity contribution in [2.45, 2.75) is 58.0 Å². The van der Waals surface area contributed by atoms with E-state index in [-0.39, 0.29) is 12.5 Å². The number of rotatable bonds is 6. The average Bonchev–Trinajstić information content (AvgIpc) is 2.83. The number of hydrogen-bond donors (Lipinski definition) is 1. The molecule has 1 N–H and O–H groups in total. The summed E-state index contributed by atoms with van der Waals surface area (Å²) in [5.41, 5.74) is 1.91. The van der Waals surface area contributed by atoms with Crippen LogP contribution < -0.4 is 0 Å². The molecule has 2 aliphatic heterocycles. The van der Waals surface area contributed by atoms with Gasteiger partial charge in [-0.3, -0.25) is 4.79 Å². The fourth-order valence-electron chi connectivity index (χ4n) is 4.68. The van der Waals surface area contributed by atoms with Gasteiger partial charge in [0.05, 0.1) is 26.4 Å². The molecule has 30 heavy (non-hydrogen) atoms. The Labute approximate surface area is 178 Å². The van der Waals surface area contributed by atoms with Crippen molar-refractivity contribution >= 4 is 5.91 Å². The van der Waals surface area contributed by atoms with Crippen LogP contribution in [0.2, 0.25) is 0 Å². The van der Waals surface area contributed by atoms with Crippen LogP contribution in [0.25, 0.3) is 0 Å². The summed E-state index contributed by atoms with van der Waals surface area (Å²) in [4.78, 5) is 14.9. The Morgan fingerprint density at radius 1 is 1.07 bits per heavy atom. The summed E-state index contributed by atoms with van der Waals surface area (Å²) in [5, 5.41) is 9.20. The first-order valence-electron chi connectivity index (χ1n) is 11.3. The van der Waals surface area contributed by atoms with Crippen molar-refractivity contribution in [1.82, 2.24) is 4.90 Å². The van der Waals surface area contributed by atoms with Gasteiger partial charge >= 0.3 is 0 Å². The van der Waals surface area contributed by atoms with Crippen molar-refractivity contribution in [2.24, 2.45) is 11.8 Å². The highest BCUT2D eigenvalue weighted by molar-refractivity contribution is 5.91. The lowest BCUT2D eigenvalue weighted by atomic mass is 9.77. The predicted octanol–water partition coefficient (Wildman–Crippen LogP) is 3.38. The molecule has 1 aliphatic carbocycles. The largest absolute Gasteiger partial charge is 0.459 e. The van der Waals surface area contributed by atoms with Crippen molar-refractivity contribution in [3.8, 4) is 0 Å². The normalized spacial score (nSPS) is 25.5. The number of benzene rings is 1. The molecule has 1 aromatic rings. The number of amides is 1. The van der Waals surface area contributed by atoms with Crippen LogP contribution in [0.1, 0.15) is 49.7 Å². The molecule has 3 aliphatic rings. The summed E-state index contributed by atoms with van der Waals surface area (Å²) in [6, 6.07) is 7.72. The van der Waals surface area contributed by atoms with E-state index in [1.807, 2.05) is 29.2 Å². The van der Waals surface area contributed by atoms with Crippen molar-refractivity contribution in [1.29, 1.82) is 0 Å². The zero-order chi connectivity index (χ0) is 20.8. The Hall–Kier alpha value is -1.89. The molecule has 6 nitrogen and oxygen atoms in total. The molecule has 4 rings (SSSR count). The van der Waals surface area contributed by atoms with Crippen molar-refractivity contribution < 1.29 is 24.1 Å². The first-order valence-corrected chi connectivity index (χ1v) is 11.3. The summed E-state index contributed by atoms with van der Waals surface area (Å²) in [6.07, 6.45) is 8.73. The summed E-state index contributed by atoms with van der Waals surface area (Å²) < 4.78 is 17.6. The molecule has 0 aromatic heterocycles. The van der Waals surface area contributed by atoms with Gasteiger partial charge in [-0.1, -0.05) is 43.5 Å². The van der Waals surface area contributed by atoms with Crippen LogP contribution in [-0.2, 0) is 32.2 Å². The molecule has 1 saturated carbocycles. The van der Waals surface area contributed by atoms with E-state index in [4.69, 9.17) is 14.2 Å². The van der Waals surface area contributed by atoms with Gasteiger partial charge in [0.25, 0.3) is 5.91 Å². The van der Waals surface area contributed by atoms with Crippen LogP contribution in [0.15, 0.2) is 36.1 Å². The molecule has 6 heteroatoms. The molecule has 1 saturated heterocycles. The van der Waals surface area contributed by atoms with Gasteiger partial charge < -0.3 is 24.2 Å². The molecule has 2 fully saturated rings. The van der Waals surface area contributed by atoms with Crippen molar-refractivity contribution in [3.05, 3.63) is 47.2 Å². The monoisotopic (exact) mass is 415 g/mol. The van der Waals surface area contributed by atoms with E-state index in [0.29, 0.717) is 50.5 Å². The molecular weight excluding hydrogens is 382 g/mol. The second-order valence-electron chi connectivity index (χ2n) is 8.57. The number of ether oxygens (including phenoxy) is 3. The number of carbonyl (C=O) groups excluding carboxylic acids is 1. The Balaban J connectivity index is 1.43. The molecule has 1 aromatic carbocycles. The second-order valence-corrected chi connectivity index (χ2v) is 8.57. The lowest BCUT2D eigenvalue weighted by molar-refractivity contribution is -0.162. The maximum atomic E-state index is 13.1. The van der Waals surface area contributed by atoms with Crippen LogP contribution in [0.5, 0.6) is 0 Å². The highest BCUT2D eigenvalue weighted by Crippen LogP contribution is 2.37. The number of carbonyl (C=O) groups is 1. The third-order valence-corrected chi connectivity index (χ3v) is 6.49. The smallest absolute Gasteiger partial charge is 0.288 e. The molecular formula is C24H33NO5.